The molecule has 0 aliphatic heterocycles. The van der Waals surface area contributed by atoms with Gasteiger partial charge in [-0.1, -0.05) is 12.2 Å². The third-order valence-electron chi connectivity index (χ3n) is 1.46. The summed E-state index contributed by atoms with van der Waals surface area (Å²) in [5.41, 5.74) is 5.58. The topological polar surface area (TPSA) is 55.1 Å². The third-order valence-corrected chi connectivity index (χ3v) is 1.71. The molecule has 3 nitrogen and oxygen atoms in total. The van der Waals surface area contributed by atoms with Gasteiger partial charge >= 0.3 is 0 Å². The Balaban J connectivity index is 2.56. The fourth-order valence-corrected chi connectivity index (χ4v) is 1.16. The van der Waals surface area contributed by atoms with Crippen LogP contribution in [0.15, 0.2) is 24.3 Å². The van der Waals surface area contributed by atoms with E-state index in [1.165, 1.54) is 24.3 Å². The molecule has 5 heteroatoms. The maximum atomic E-state index is 12.5. The molecule has 0 aliphatic rings. The van der Waals surface area contributed by atoms with Gasteiger partial charge in [-0.05, 0) is 24.3 Å². The summed E-state index contributed by atoms with van der Waals surface area (Å²) in [7, 11) is 0. The average molecular weight is 212 g/mol. The molecule has 0 aliphatic carbocycles. The molecule has 3 N–H and O–H groups in total. The van der Waals surface area contributed by atoms with E-state index in [0.717, 1.165) is 0 Å². The summed E-state index contributed by atoms with van der Waals surface area (Å²) >= 11 is 4.84. The zero-order chi connectivity index (χ0) is 10.6. The van der Waals surface area contributed by atoms with Crippen molar-refractivity contribution in [2.45, 2.75) is 6.42 Å². The number of anilines is 1. The molecule has 1 aromatic carbocycles. The maximum Gasteiger partial charge on any atom is 0.224 e. The molecular formula is C9H9FN2OS. The minimum Gasteiger partial charge on any atom is -0.369 e. The Morgan fingerprint density at radius 2 is 2.00 bits per heavy atom. The second kappa shape index (κ2) is 4.66. The summed E-state index contributed by atoms with van der Waals surface area (Å²) in [5, 5.41) is 2.76. The standard InChI is InChI=1S/C9H9FN2OS/c10-6-1-3-7(4-2-6)12-9(14)5-8(11)13/h1-4H,5H2,(H2,11,13)(H,12,14). The number of rotatable bonds is 3. The Morgan fingerprint density at radius 1 is 1.43 bits per heavy atom. The molecule has 0 spiro atoms. The van der Waals surface area contributed by atoms with Gasteiger partial charge in [-0.15, -0.1) is 0 Å². The Hall–Kier alpha value is -1.49. The molecule has 0 aromatic heterocycles. The molecule has 14 heavy (non-hydrogen) atoms. The van der Waals surface area contributed by atoms with Crippen molar-refractivity contribution in [3.63, 3.8) is 0 Å². The lowest BCUT2D eigenvalue weighted by atomic mass is 10.3. The summed E-state index contributed by atoms with van der Waals surface area (Å²) in [6, 6.07) is 5.66. The van der Waals surface area contributed by atoms with Gasteiger partial charge in [0.1, 0.15) is 5.82 Å². The highest BCUT2D eigenvalue weighted by molar-refractivity contribution is 7.80. The molecule has 0 atom stereocenters. The monoisotopic (exact) mass is 212 g/mol. The Bertz CT molecular complexity index is 350. The van der Waals surface area contributed by atoms with Crippen LogP contribution in [-0.2, 0) is 4.79 Å². The molecule has 1 rings (SSSR count). The Kier molecular flexibility index (Phi) is 3.53. The molecule has 0 saturated heterocycles. The van der Waals surface area contributed by atoms with Crippen molar-refractivity contribution in [3.8, 4) is 0 Å². The highest BCUT2D eigenvalue weighted by atomic mass is 32.1. The van der Waals surface area contributed by atoms with Gasteiger partial charge in [0.05, 0.1) is 11.4 Å². The molecule has 0 bridgehead atoms. The summed E-state index contributed by atoms with van der Waals surface area (Å²) in [6.45, 7) is 0. The van der Waals surface area contributed by atoms with Crippen LogP contribution in [0.2, 0.25) is 0 Å². The number of amides is 1. The smallest absolute Gasteiger partial charge is 0.224 e. The molecule has 0 unspecified atom stereocenters. The summed E-state index contributed by atoms with van der Waals surface area (Å²) < 4.78 is 12.5. The normalized spacial score (nSPS) is 9.50. The van der Waals surface area contributed by atoms with Crippen molar-refractivity contribution >= 4 is 28.8 Å². The van der Waals surface area contributed by atoms with Crippen molar-refractivity contribution in [1.82, 2.24) is 0 Å². The van der Waals surface area contributed by atoms with Gasteiger partial charge in [0.2, 0.25) is 5.91 Å². The molecule has 1 amide bonds. The largest absolute Gasteiger partial charge is 0.369 e. The number of benzene rings is 1. The van der Waals surface area contributed by atoms with Crippen molar-refractivity contribution in [2.75, 3.05) is 5.32 Å². The number of hydrogen-bond donors (Lipinski definition) is 2. The highest BCUT2D eigenvalue weighted by Gasteiger charge is 2.01. The average Bonchev–Trinajstić information content (AvgIpc) is 2.07. The van der Waals surface area contributed by atoms with E-state index >= 15 is 0 Å². The number of nitrogens with one attached hydrogen (secondary N) is 1. The van der Waals surface area contributed by atoms with Crippen LogP contribution in [0.4, 0.5) is 10.1 Å². The van der Waals surface area contributed by atoms with Gasteiger partial charge in [-0.3, -0.25) is 4.79 Å². The SMILES string of the molecule is NC(=O)CC(=S)Nc1ccc(F)cc1. The first-order valence-corrected chi connectivity index (χ1v) is 4.32. The predicted octanol–water partition coefficient (Wildman–Crippen LogP) is 1.44. The number of thiocarbonyl (C=S) groups is 1. The minimum absolute atomic E-state index is 0.00723. The molecule has 0 saturated carbocycles. The lowest BCUT2D eigenvalue weighted by Crippen LogP contribution is -2.20. The van der Waals surface area contributed by atoms with E-state index in [1.807, 2.05) is 0 Å². The number of primary amides is 1. The first-order chi connectivity index (χ1) is 6.58. The van der Waals surface area contributed by atoms with E-state index < -0.39 is 5.91 Å². The van der Waals surface area contributed by atoms with E-state index in [0.29, 0.717) is 10.7 Å². The number of carbonyl (C=O) groups excluding carboxylic acids is 1. The van der Waals surface area contributed by atoms with Crippen LogP contribution in [0.1, 0.15) is 6.42 Å². The first-order valence-electron chi connectivity index (χ1n) is 3.91. The van der Waals surface area contributed by atoms with E-state index in [1.54, 1.807) is 0 Å². The first kappa shape index (κ1) is 10.6. The third kappa shape index (κ3) is 3.49. The molecule has 0 radical (unpaired) electrons. The molecule has 0 fully saturated rings. The van der Waals surface area contributed by atoms with Gasteiger partial charge < -0.3 is 11.1 Å². The minimum atomic E-state index is -0.496. The number of carbonyl (C=O) groups is 1. The van der Waals surface area contributed by atoms with Gasteiger partial charge in [0, 0.05) is 5.69 Å². The van der Waals surface area contributed by atoms with Gasteiger partial charge in [-0.2, -0.15) is 0 Å². The molecule has 0 heterocycles. The summed E-state index contributed by atoms with van der Waals surface area (Å²) in [6.07, 6.45) is -0.00723. The van der Waals surface area contributed by atoms with Crippen LogP contribution >= 0.6 is 12.2 Å². The van der Waals surface area contributed by atoms with Crippen LogP contribution in [0.5, 0.6) is 0 Å². The van der Waals surface area contributed by atoms with Gasteiger partial charge in [0.25, 0.3) is 0 Å². The van der Waals surface area contributed by atoms with E-state index in [2.05, 4.69) is 5.32 Å². The van der Waals surface area contributed by atoms with E-state index in [-0.39, 0.29) is 12.2 Å². The van der Waals surface area contributed by atoms with Crippen molar-refractivity contribution in [3.05, 3.63) is 30.1 Å². The predicted molar refractivity (Wildman–Crippen MR) is 56.4 cm³/mol. The van der Waals surface area contributed by atoms with Crippen molar-refractivity contribution in [2.24, 2.45) is 5.73 Å². The molecule has 74 valence electrons. The van der Waals surface area contributed by atoms with E-state index in [9.17, 15) is 9.18 Å². The quantitative estimate of drug-likeness (QED) is 0.745. The summed E-state index contributed by atoms with van der Waals surface area (Å²) in [5.74, 6) is -0.819. The van der Waals surface area contributed by atoms with Crippen LogP contribution in [-0.4, -0.2) is 10.9 Å². The van der Waals surface area contributed by atoms with E-state index in [4.69, 9.17) is 18.0 Å². The van der Waals surface area contributed by atoms with Crippen LogP contribution in [0, 0.1) is 5.82 Å². The van der Waals surface area contributed by atoms with Gasteiger partial charge in [-0.25, -0.2) is 4.39 Å². The van der Waals surface area contributed by atoms with Crippen molar-refractivity contribution in [1.29, 1.82) is 0 Å². The maximum absolute atomic E-state index is 12.5. The highest BCUT2D eigenvalue weighted by Crippen LogP contribution is 2.08. The Labute approximate surface area is 86.1 Å². The molecule has 1 aromatic rings. The van der Waals surface area contributed by atoms with Crippen LogP contribution in [0.3, 0.4) is 0 Å². The zero-order valence-corrected chi connectivity index (χ0v) is 8.10. The fourth-order valence-electron chi connectivity index (χ4n) is 0.897. The zero-order valence-electron chi connectivity index (χ0n) is 7.29. The van der Waals surface area contributed by atoms with Gasteiger partial charge in [0.15, 0.2) is 0 Å². The molecular weight excluding hydrogens is 203 g/mol. The van der Waals surface area contributed by atoms with Crippen molar-refractivity contribution < 1.29 is 9.18 Å². The lowest BCUT2D eigenvalue weighted by Gasteiger charge is -2.05. The second-order valence-corrected chi connectivity index (χ2v) is 3.19. The van der Waals surface area contributed by atoms with Crippen LogP contribution in [0.25, 0.3) is 0 Å². The number of hydrogen-bond acceptors (Lipinski definition) is 2. The summed E-state index contributed by atoms with van der Waals surface area (Å²) in [4.78, 5) is 10.8. The Morgan fingerprint density at radius 3 is 2.50 bits per heavy atom. The lowest BCUT2D eigenvalue weighted by molar-refractivity contribution is -0.116. The van der Waals surface area contributed by atoms with Crippen LogP contribution < -0.4 is 11.1 Å². The number of nitrogens with two attached hydrogens (primary N) is 1. The second-order valence-electron chi connectivity index (χ2n) is 2.70. The fraction of sp³-hybridized carbons (Fsp3) is 0.111. The number of halogens is 1.